The van der Waals surface area contributed by atoms with Crippen LogP contribution >= 0.6 is 0 Å². The number of ketones is 1. The fourth-order valence-corrected chi connectivity index (χ4v) is 4.23. The average molecular weight is 454 g/mol. The van der Waals surface area contributed by atoms with Crippen LogP contribution in [0, 0.1) is 11.7 Å². The Morgan fingerprint density at radius 2 is 1.88 bits per heavy atom. The Morgan fingerprint density at radius 3 is 2.59 bits per heavy atom. The molecule has 2 aromatic heterocycles. The normalized spacial score (nSPS) is 13.2. The lowest BCUT2D eigenvalue weighted by atomic mass is 9.98. The van der Waals surface area contributed by atoms with Gasteiger partial charge in [0.2, 0.25) is 0 Å². The largest absolute Gasteiger partial charge is 0.354 e. The highest BCUT2D eigenvalue weighted by molar-refractivity contribution is 6.09. The van der Waals surface area contributed by atoms with E-state index in [2.05, 4.69) is 22.2 Å². The summed E-state index contributed by atoms with van der Waals surface area (Å²) >= 11 is 0. The molecule has 1 saturated carbocycles. The van der Waals surface area contributed by atoms with Crippen molar-refractivity contribution in [1.29, 1.82) is 0 Å². The van der Waals surface area contributed by atoms with Gasteiger partial charge in [0.15, 0.2) is 5.78 Å². The van der Waals surface area contributed by atoms with Crippen LogP contribution < -0.4 is 5.32 Å². The molecule has 4 aromatic rings. The summed E-state index contributed by atoms with van der Waals surface area (Å²) in [5.74, 6) is 0.183. The van der Waals surface area contributed by atoms with Gasteiger partial charge in [0.05, 0.1) is 16.8 Å². The van der Waals surface area contributed by atoms with Crippen molar-refractivity contribution in [3.63, 3.8) is 0 Å². The third-order valence-electron chi connectivity index (χ3n) is 6.39. The highest BCUT2D eigenvalue weighted by atomic mass is 19.1. The molecule has 5 heteroatoms. The van der Waals surface area contributed by atoms with Gasteiger partial charge in [-0.2, -0.15) is 0 Å². The maximum absolute atomic E-state index is 15.2. The molecule has 1 fully saturated rings. The summed E-state index contributed by atoms with van der Waals surface area (Å²) in [6.07, 6.45) is 9.14. The molecule has 0 saturated heterocycles. The van der Waals surface area contributed by atoms with Crippen LogP contribution in [0.3, 0.4) is 0 Å². The number of fused-ring (bicyclic) bond motifs is 1. The average Bonchev–Trinajstić information content (AvgIpc) is 3.67. The number of nitrogens with zero attached hydrogens (tertiary/aromatic N) is 2. The van der Waals surface area contributed by atoms with Gasteiger partial charge in [-0.1, -0.05) is 37.6 Å². The van der Waals surface area contributed by atoms with Gasteiger partial charge in [-0.05, 0) is 55.9 Å². The number of halogens is 1. The van der Waals surface area contributed by atoms with Crippen LogP contribution in [0.5, 0.6) is 0 Å². The monoisotopic (exact) mass is 453 g/mol. The van der Waals surface area contributed by atoms with E-state index in [9.17, 15) is 4.79 Å². The number of pyridine rings is 2. The molecule has 1 aliphatic carbocycles. The van der Waals surface area contributed by atoms with E-state index in [-0.39, 0.29) is 11.6 Å². The molecule has 1 N–H and O–H groups in total. The van der Waals surface area contributed by atoms with Crippen LogP contribution in [-0.4, -0.2) is 15.8 Å². The fraction of sp³-hybridized carbons (Fsp3) is 0.276. The molecule has 0 unspecified atom stereocenters. The maximum Gasteiger partial charge on any atom is 0.166 e. The van der Waals surface area contributed by atoms with Gasteiger partial charge in [-0.15, -0.1) is 0 Å². The molecule has 2 heterocycles. The number of rotatable bonds is 9. The second-order valence-corrected chi connectivity index (χ2v) is 9.10. The second-order valence-electron chi connectivity index (χ2n) is 9.10. The van der Waals surface area contributed by atoms with Gasteiger partial charge in [0, 0.05) is 52.8 Å². The summed E-state index contributed by atoms with van der Waals surface area (Å²) in [4.78, 5) is 22.1. The first kappa shape index (κ1) is 22.2. The van der Waals surface area contributed by atoms with Crippen LogP contribution in [0.25, 0.3) is 22.0 Å². The van der Waals surface area contributed by atoms with Gasteiger partial charge >= 0.3 is 0 Å². The molecule has 34 heavy (non-hydrogen) atoms. The fourth-order valence-electron chi connectivity index (χ4n) is 4.23. The summed E-state index contributed by atoms with van der Waals surface area (Å²) < 4.78 is 15.2. The summed E-state index contributed by atoms with van der Waals surface area (Å²) in [6.45, 7) is 2.15. The minimum absolute atomic E-state index is 0.0724. The number of nitrogens with one attached hydrogen (secondary N) is 1. The van der Waals surface area contributed by atoms with Crippen molar-refractivity contribution >= 4 is 28.1 Å². The topological polar surface area (TPSA) is 54.9 Å². The molecule has 5 rings (SSSR count). The van der Waals surface area contributed by atoms with E-state index >= 15 is 4.39 Å². The first-order valence-electron chi connectivity index (χ1n) is 12.0. The van der Waals surface area contributed by atoms with Crippen LogP contribution in [0.2, 0.25) is 0 Å². The Morgan fingerprint density at radius 1 is 1.06 bits per heavy atom. The number of Topliss-reactive ketones (excluding diaryl/α,β-unsaturated/α-hetero) is 1. The van der Waals surface area contributed by atoms with E-state index in [1.165, 1.54) is 6.07 Å². The SMILES string of the molecule is CCCCc1ccc(-c2cc3c(Nc4ccccc4)c(C(=O)CC4CC4)cnc3cc2F)cn1. The van der Waals surface area contributed by atoms with E-state index in [0.29, 0.717) is 40.2 Å². The minimum Gasteiger partial charge on any atom is -0.354 e. The predicted octanol–water partition coefficient (Wildman–Crippen LogP) is 7.50. The molecule has 0 amide bonds. The van der Waals surface area contributed by atoms with E-state index in [1.54, 1.807) is 18.5 Å². The lowest BCUT2D eigenvalue weighted by Crippen LogP contribution is -2.07. The zero-order valence-electron chi connectivity index (χ0n) is 19.4. The maximum atomic E-state index is 15.2. The van der Waals surface area contributed by atoms with Gasteiger partial charge in [0.1, 0.15) is 5.82 Å². The number of carbonyl (C=O) groups is 1. The molecular formula is C29H28FN3O. The zero-order chi connectivity index (χ0) is 23.5. The Balaban J connectivity index is 1.60. The third kappa shape index (κ3) is 4.84. The molecule has 172 valence electrons. The molecule has 4 nitrogen and oxygen atoms in total. The quantitative estimate of drug-likeness (QED) is 0.267. The van der Waals surface area contributed by atoms with Gasteiger partial charge in [-0.3, -0.25) is 14.8 Å². The van der Waals surface area contributed by atoms with Crippen molar-refractivity contribution in [2.45, 2.75) is 45.4 Å². The molecule has 0 atom stereocenters. The van der Waals surface area contributed by atoms with E-state index in [0.717, 1.165) is 48.9 Å². The first-order valence-corrected chi connectivity index (χ1v) is 12.0. The summed E-state index contributed by atoms with van der Waals surface area (Å²) in [6, 6.07) is 16.8. The summed E-state index contributed by atoms with van der Waals surface area (Å²) in [5.41, 5.74) is 4.77. The number of aryl methyl sites for hydroxylation is 1. The van der Waals surface area contributed by atoms with Crippen LogP contribution in [-0.2, 0) is 6.42 Å². The van der Waals surface area contributed by atoms with Crippen LogP contribution in [0.15, 0.2) is 67.0 Å². The van der Waals surface area contributed by atoms with Crippen molar-refractivity contribution in [2.24, 2.45) is 5.92 Å². The van der Waals surface area contributed by atoms with Gasteiger partial charge in [0.25, 0.3) is 0 Å². The van der Waals surface area contributed by atoms with E-state index < -0.39 is 0 Å². The molecule has 1 aliphatic rings. The van der Waals surface area contributed by atoms with Crippen molar-refractivity contribution < 1.29 is 9.18 Å². The predicted molar refractivity (Wildman–Crippen MR) is 135 cm³/mol. The van der Waals surface area contributed by atoms with Crippen LogP contribution in [0.1, 0.15) is 55.1 Å². The number of carbonyl (C=O) groups excluding carboxylic acids is 1. The van der Waals surface area contributed by atoms with E-state index in [4.69, 9.17) is 0 Å². The molecular weight excluding hydrogens is 425 g/mol. The number of hydrogen-bond acceptors (Lipinski definition) is 4. The number of unbranched alkanes of at least 4 members (excludes halogenated alkanes) is 1. The van der Waals surface area contributed by atoms with Crippen molar-refractivity contribution in [1.82, 2.24) is 9.97 Å². The van der Waals surface area contributed by atoms with Crippen molar-refractivity contribution in [3.8, 4) is 11.1 Å². The standard InChI is InChI=1S/C29H28FN3O/c1-2-3-7-21-13-12-20(17-31-21)23-15-24-27(16-26(23)30)32-18-25(28(34)14-19-10-11-19)29(24)33-22-8-5-4-6-9-22/h4-6,8-9,12-13,15-19H,2-3,7,10-11,14H2,1H3,(H,32,33). The second kappa shape index (κ2) is 9.72. The van der Waals surface area contributed by atoms with Crippen molar-refractivity contribution in [3.05, 3.63) is 84.1 Å². The molecule has 2 aromatic carbocycles. The number of benzene rings is 2. The Bertz CT molecular complexity index is 1320. The number of para-hydroxylation sites is 1. The molecule has 0 spiro atoms. The Labute approximate surface area is 199 Å². The van der Waals surface area contributed by atoms with Gasteiger partial charge in [-0.25, -0.2) is 4.39 Å². The van der Waals surface area contributed by atoms with Crippen molar-refractivity contribution in [2.75, 3.05) is 5.32 Å². The van der Waals surface area contributed by atoms with E-state index in [1.807, 2.05) is 42.5 Å². The smallest absolute Gasteiger partial charge is 0.166 e. The zero-order valence-corrected chi connectivity index (χ0v) is 19.4. The first-order chi connectivity index (χ1) is 16.6. The Kier molecular flexibility index (Phi) is 6.35. The van der Waals surface area contributed by atoms with Gasteiger partial charge < -0.3 is 5.32 Å². The Hall–Kier alpha value is -3.60. The highest BCUT2D eigenvalue weighted by Crippen LogP contribution is 2.38. The lowest BCUT2D eigenvalue weighted by molar-refractivity contribution is 0.0976. The molecule has 0 bridgehead atoms. The highest BCUT2D eigenvalue weighted by Gasteiger charge is 2.27. The lowest BCUT2D eigenvalue weighted by Gasteiger charge is -2.16. The summed E-state index contributed by atoms with van der Waals surface area (Å²) in [7, 11) is 0. The number of hydrogen-bond donors (Lipinski definition) is 1. The van der Waals surface area contributed by atoms with Crippen LogP contribution in [0.4, 0.5) is 15.8 Å². The third-order valence-corrected chi connectivity index (χ3v) is 6.39. The number of anilines is 2. The minimum atomic E-state index is -0.356. The number of aromatic nitrogens is 2. The molecule has 0 aliphatic heterocycles. The summed E-state index contributed by atoms with van der Waals surface area (Å²) in [5, 5.41) is 4.14. The molecule has 0 radical (unpaired) electrons.